The van der Waals surface area contributed by atoms with Crippen molar-refractivity contribution >= 4 is 44.7 Å². The molecule has 0 bridgehead atoms. The normalized spacial score (nSPS) is 12.0. The van der Waals surface area contributed by atoms with Crippen molar-refractivity contribution in [2.24, 2.45) is 5.10 Å². The summed E-state index contributed by atoms with van der Waals surface area (Å²) in [6, 6.07) is 23.7. The quantitative estimate of drug-likeness (QED) is 0.350. The molecule has 0 fully saturated rings. The van der Waals surface area contributed by atoms with Crippen molar-refractivity contribution in [1.29, 1.82) is 0 Å². The van der Waals surface area contributed by atoms with E-state index in [2.05, 4.69) is 10.5 Å². The summed E-state index contributed by atoms with van der Waals surface area (Å²) in [5.41, 5.74) is 9.62. The molecule has 5 aromatic rings. The number of carbonyl (C=O) groups is 1. The van der Waals surface area contributed by atoms with Crippen LogP contribution in [0.25, 0.3) is 33.1 Å². The fraction of sp³-hybridized carbons (Fsp3) is 0.120. The van der Waals surface area contributed by atoms with Gasteiger partial charge in [-0.3, -0.25) is 4.79 Å². The van der Waals surface area contributed by atoms with Gasteiger partial charge < -0.3 is 4.57 Å². The Morgan fingerprint density at radius 2 is 1.61 bits per heavy atom. The van der Waals surface area contributed by atoms with Crippen molar-refractivity contribution < 1.29 is 4.79 Å². The van der Waals surface area contributed by atoms with E-state index in [9.17, 15) is 4.79 Å². The summed E-state index contributed by atoms with van der Waals surface area (Å²) in [5, 5.41) is 5.26. The van der Waals surface area contributed by atoms with Crippen molar-refractivity contribution in [2.75, 3.05) is 0 Å². The number of hydrazone groups is 1. The van der Waals surface area contributed by atoms with Gasteiger partial charge in [0, 0.05) is 5.39 Å². The molecule has 0 saturated heterocycles. The molecule has 0 spiro atoms. The molecule has 5 rings (SSSR count). The molecule has 0 unspecified atom stereocenters. The van der Waals surface area contributed by atoms with E-state index < -0.39 is 0 Å². The number of nitrogens with one attached hydrogen (secondary N) is 1. The van der Waals surface area contributed by atoms with Gasteiger partial charge in [0.15, 0.2) is 5.65 Å². The summed E-state index contributed by atoms with van der Waals surface area (Å²) < 4.78 is 1.90. The van der Waals surface area contributed by atoms with Crippen LogP contribution in [-0.4, -0.2) is 26.2 Å². The third kappa shape index (κ3) is 3.53. The maximum Gasteiger partial charge on any atom is 0.260 e. The molecule has 1 N–H and O–H groups in total. The van der Waals surface area contributed by atoms with Crippen LogP contribution in [0.1, 0.15) is 18.1 Å². The van der Waals surface area contributed by atoms with Gasteiger partial charge in [-0.05, 0) is 37.6 Å². The van der Waals surface area contributed by atoms with Crippen LogP contribution in [-0.2, 0) is 11.3 Å². The monoisotopic (exact) mass is 407 g/mol. The zero-order valence-electron chi connectivity index (χ0n) is 17.3. The fourth-order valence-electron chi connectivity index (χ4n) is 3.73. The van der Waals surface area contributed by atoms with Gasteiger partial charge in [-0.2, -0.15) is 5.10 Å². The summed E-state index contributed by atoms with van der Waals surface area (Å²) in [4.78, 5) is 22.4. The lowest BCUT2D eigenvalue weighted by Crippen LogP contribution is -2.24. The van der Waals surface area contributed by atoms with E-state index in [0.717, 1.165) is 38.7 Å². The first-order valence-electron chi connectivity index (χ1n) is 10.1. The molecule has 0 radical (unpaired) electrons. The Labute approximate surface area is 179 Å². The fourth-order valence-corrected chi connectivity index (χ4v) is 3.73. The largest absolute Gasteiger partial charge is 0.314 e. The molecule has 31 heavy (non-hydrogen) atoms. The summed E-state index contributed by atoms with van der Waals surface area (Å²) in [6.45, 7) is 4.01. The van der Waals surface area contributed by atoms with Crippen molar-refractivity contribution in [1.82, 2.24) is 20.0 Å². The van der Waals surface area contributed by atoms with Gasteiger partial charge in [0.2, 0.25) is 0 Å². The van der Waals surface area contributed by atoms with Gasteiger partial charge in [-0.15, -0.1) is 0 Å². The number of hydrogen-bond acceptors (Lipinski definition) is 4. The van der Waals surface area contributed by atoms with Gasteiger partial charge in [0.25, 0.3) is 5.91 Å². The Morgan fingerprint density at radius 3 is 2.39 bits per heavy atom. The molecule has 2 aromatic heterocycles. The van der Waals surface area contributed by atoms with Crippen LogP contribution < -0.4 is 5.43 Å². The number of aromatic nitrogens is 3. The van der Waals surface area contributed by atoms with E-state index in [0.29, 0.717) is 5.65 Å². The zero-order valence-corrected chi connectivity index (χ0v) is 17.3. The lowest BCUT2D eigenvalue weighted by atomic mass is 10.1. The molecule has 0 aliphatic heterocycles. The number of nitrogens with zero attached hydrogens (tertiary/aromatic N) is 4. The van der Waals surface area contributed by atoms with Gasteiger partial charge in [-0.25, -0.2) is 15.4 Å². The van der Waals surface area contributed by atoms with Crippen LogP contribution in [0, 0.1) is 6.92 Å². The summed E-state index contributed by atoms with van der Waals surface area (Å²) in [6.07, 6.45) is 0. The molecule has 3 aromatic carbocycles. The van der Waals surface area contributed by atoms with E-state index >= 15 is 0 Å². The van der Waals surface area contributed by atoms with Crippen LogP contribution >= 0.6 is 0 Å². The average molecular weight is 407 g/mol. The number of aryl methyl sites for hydroxylation is 1. The zero-order chi connectivity index (χ0) is 21.4. The molecule has 1 amide bonds. The second kappa shape index (κ2) is 7.65. The SMILES string of the molecule is C/C(=N\NC(=O)Cn1c2ccccc2c2nc3ccccc3nc21)c1ccc(C)cc1. The highest BCUT2D eigenvalue weighted by Gasteiger charge is 2.16. The highest BCUT2D eigenvalue weighted by atomic mass is 16.2. The highest BCUT2D eigenvalue weighted by Crippen LogP contribution is 2.28. The number of hydrogen-bond donors (Lipinski definition) is 1. The molecule has 6 heteroatoms. The summed E-state index contributed by atoms with van der Waals surface area (Å²) in [5.74, 6) is -0.218. The Hall–Kier alpha value is -4.06. The Kier molecular flexibility index (Phi) is 4.67. The van der Waals surface area contributed by atoms with E-state index in [-0.39, 0.29) is 12.5 Å². The predicted octanol–water partition coefficient (Wildman–Crippen LogP) is 4.59. The molecule has 6 nitrogen and oxygen atoms in total. The van der Waals surface area contributed by atoms with E-state index in [1.165, 1.54) is 5.56 Å². The second-order valence-electron chi connectivity index (χ2n) is 7.59. The number of fused-ring (bicyclic) bond motifs is 4. The number of rotatable bonds is 4. The smallest absolute Gasteiger partial charge is 0.260 e. The first-order valence-corrected chi connectivity index (χ1v) is 10.1. The molecule has 2 heterocycles. The van der Waals surface area contributed by atoms with Crippen molar-refractivity contribution in [3.8, 4) is 0 Å². The molecule has 0 aliphatic rings. The molecular formula is C25H21N5O. The minimum Gasteiger partial charge on any atom is -0.314 e. The van der Waals surface area contributed by atoms with Crippen LogP contribution in [0.15, 0.2) is 77.9 Å². The van der Waals surface area contributed by atoms with Crippen molar-refractivity contribution in [2.45, 2.75) is 20.4 Å². The minimum absolute atomic E-state index is 0.0989. The minimum atomic E-state index is -0.218. The Bertz CT molecular complexity index is 1460. The standard InChI is InChI=1S/C25H21N5O/c1-16-11-13-18(14-12-16)17(2)28-29-23(31)15-30-22-10-6-3-7-19(22)24-25(30)27-21-9-5-4-8-20(21)26-24/h3-14H,15H2,1-2H3,(H,29,31)/b28-17+. The maximum absolute atomic E-state index is 12.8. The number of benzene rings is 3. The van der Waals surface area contributed by atoms with Crippen LogP contribution in [0.2, 0.25) is 0 Å². The average Bonchev–Trinajstić information content (AvgIpc) is 3.09. The van der Waals surface area contributed by atoms with E-state index in [1.54, 1.807) is 0 Å². The van der Waals surface area contributed by atoms with E-state index in [4.69, 9.17) is 9.97 Å². The molecule has 0 aliphatic carbocycles. The molecule has 0 atom stereocenters. The third-order valence-corrected chi connectivity index (χ3v) is 5.38. The second-order valence-corrected chi connectivity index (χ2v) is 7.59. The third-order valence-electron chi connectivity index (χ3n) is 5.38. The molecule has 0 saturated carbocycles. The lowest BCUT2D eigenvalue weighted by molar-refractivity contribution is -0.121. The van der Waals surface area contributed by atoms with Crippen LogP contribution in [0.5, 0.6) is 0 Å². The first kappa shape index (κ1) is 18.9. The van der Waals surface area contributed by atoms with Gasteiger partial charge in [-0.1, -0.05) is 60.2 Å². The number of amides is 1. The number of para-hydroxylation sites is 3. The van der Waals surface area contributed by atoms with E-state index in [1.807, 2.05) is 91.2 Å². The lowest BCUT2D eigenvalue weighted by Gasteiger charge is -2.07. The first-order chi connectivity index (χ1) is 15.1. The summed E-state index contributed by atoms with van der Waals surface area (Å²) in [7, 11) is 0. The van der Waals surface area contributed by atoms with Gasteiger partial charge in [0.1, 0.15) is 12.1 Å². The van der Waals surface area contributed by atoms with Gasteiger partial charge >= 0.3 is 0 Å². The van der Waals surface area contributed by atoms with Gasteiger partial charge in [0.05, 0.1) is 22.3 Å². The predicted molar refractivity (Wildman–Crippen MR) is 124 cm³/mol. The molecule has 152 valence electrons. The Morgan fingerprint density at radius 1 is 0.935 bits per heavy atom. The number of carbonyl (C=O) groups excluding carboxylic acids is 1. The maximum atomic E-state index is 12.8. The van der Waals surface area contributed by atoms with Crippen LogP contribution in [0.4, 0.5) is 0 Å². The van der Waals surface area contributed by atoms with Crippen molar-refractivity contribution in [3.63, 3.8) is 0 Å². The van der Waals surface area contributed by atoms with Crippen molar-refractivity contribution in [3.05, 3.63) is 83.9 Å². The highest BCUT2D eigenvalue weighted by molar-refractivity contribution is 6.07. The Balaban J connectivity index is 1.50. The molecular weight excluding hydrogens is 386 g/mol. The summed E-state index contributed by atoms with van der Waals surface area (Å²) >= 11 is 0. The topological polar surface area (TPSA) is 72.2 Å². The van der Waals surface area contributed by atoms with Crippen LogP contribution in [0.3, 0.4) is 0 Å².